The van der Waals surface area contributed by atoms with Gasteiger partial charge < -0.3 is 5.32 Å². The van der Waals surface area contributed by atoms with Crippen LogP contribution in [0, 0.1) is 6.92 Å². The van der Waals surface area contributed by atoms with Crippen LogP contribution in [-0.2, 0) is 6.42 Å². The van der Waals surface area contributed by atoms with Crippen molar-refractivity contribution in [3.05, 3.63) is 35.4 Å². The maximum absolute atomic E-state index is 3.48. The van der Waals surface area contributed by atoms with E-state index < -0.39 is 0 Å². The normalized spacial score (nSPS) is 18.4. The lowest BCUT2D eigenvalue weighted by molar-refractivity contribution is 0.514. The molecule has 1 fully saturated rings. The first-order valence-corrected chi connectivity index (χ1v) is 8.67. The molecule has 1 aliphatic carbocycles. The number of thioether (sulfide) groups is 1. The third-order valence-electron chi connectivity index (χ3n) is 4.10. The Morgan fingerprint density at radius 3 is 2.47 bits per heavy atom. The largest absolute Gasteiger partial charge is 0.316 e. The van der Waals surface area contributed by atoms with Gasteiger partial charge in [-0.2, -0.15) is 11.8 Å². The highest BCUT2D eigenvalue weighted by Gasteiger charge is 2.16. The summed E-state index contributed by atoms with van der Waals surface area (Å²) in [5.74, 6) is 1.25. The average molecular weight is 277 g/mol. The van der Waals surface area contributed by atoms with Gasteiger partial charge in [0.15, 0.2) is 0 Å². The Morgan fingerprint density at radius 2 is 1.84 bits per heavy atom. The van der Waals surface area contributed by atoms with E-state index in [1.54, 1.807) is 0 Å². The predicted octanol–water partition coefficient (Wildman–Crippen LogP) is 4.19. The molecule has 1 N–H and O–H groups in total. The molecule has 1 saturated carbocycles. The number of hydrogen-bond acceptors (Lipinski definition) is 2. The van der Waals surface area contributed by atoms with Crippen LogP contribution in [0.3, 0.4) is 0 Å². The van der Waals surface area contributed by atoms with E-state index >= 15 is 0 Å². The van der Waals surface area contributed by atoms with E-state index in [1.807, 2.05) is 0 Å². The van der Waals surface area contributed by atoms with Crippen LogP contribution in [0.2, 0.25) is 0 Å². The van der Waals surface area contributed by atoms with Crippen molar-refractivity contribution in [3.8, 4) is 0 Å². The molecule has 1 atom stereocenters. The van der Waals surface area contributed by atoms with Crippen LogP contribution >= 0.6 is 11.8 Å². The second kappa shape index (κ2) is 7.96. The Bertz CT molecular complexity index is 354. The molecule has 0 radical (unpaired) electrons. The number of rotatable bonds is 6. The summed E-state index contributed by atoms with van der Waals surface area (Å²) in [6.07, 6.45) is 8.36. The molecule has 2 heteroatoms. The zero-order chi connectivity index (χ0) is 13.5. The fourth-order valence-corrected chi connectivity index (χ4v) is 4.19. The molecule has 0 aliphatic heterocycles. The Hall–Kier alpha value is -0.470. The van der Waals surface area contributed by atoms with Crippen LogP contribution in [0.5, 0.6) is 0 Å². The van der Waals surface area contributed by atoms with Gasteiger partial charge in [-0.25, -0.2) is 0 Å². The fraction of sp³-hybridized carbons (Fsp3) is 0.647. The molecule has 2 rings (SSSR count). The summed E-state index contributed by atoms with van der Waals surface area (Å²) >= 11 is 2.19. The molecule has 106 valence electrons. The van der Waals surface area contributed by atoms with Crippen molar-refractivity contribution in [1.29, 1.82) is 0 Å². The standard InChI is InChI=1S/C17H27NS/c1-14-8-10-15(11-9-14)12-16(18-2)13-19-17-6-4-3-5-7-17/h8-11,16-18H,3-7,12-13H2,1-2H3. The predicted molar refractivity (Wildman–Crippen MR) is 87.1 cm³/mol. The van der Waals surface area contributed by atoms with Gasteiger partial charge in [0, 0.05) is 17.0 Å². The molecule has 1 aromatic rings. The summed E-state index contributed by atoms with van der Waals surface area (Å²) in [4.78, 5) is 0. The van der Waals surface area contributed by atoms with Crippen molar-refractivity contribution >= 4 is 11.8 Å². The zero-order valence-electron chi connectivity index (χ0n) is 12.3. The molecule has 0 bridgehead atoms. The number of benzene rings is 1. The summed E-state index contributed by atoms with van der Waals surface area (Å²) in [7, 11) is 2.10. The van der Waals surface area contributed by atoms with Gasteiger partial charge in [-0.3, -0.25) is 0 Å². The minimum absolute atomic E-state index is 0.606. The molecular formula is C17H27NS. The fourth-order valence-electron chi connectivity index (χ4n) is 2.74. The lowest BCUT2D eigenvalue weighted by Gasteiger charge is -2.24. The summed E-state index contributed by atoms with van der Waals surface area (Å²) in [6, 6.07) is 9.58. The van der Waals surface area contributed by atoms with Crippen molar-refractivity contribution in [1.82, 2.24) is 5.32 Å². The van der Waals surface area contributed by atoms with E-state index in [1.165, 1.54) is 49.0 Å². The highest BCUT2D eigenvalue weighted by atomic mass is 32.2. The topological polar surface area (TPSA) is 12.0 Å². The van der Waals surface area contributed by atoms with Gasteiger partial charge in [0.05, 0.1) is 0 Å². The quantitative estimate of drug-likeness (QED) is 0.836. The Kier molecular flexibility index (Phi) is 6.25. The second-order valence-corrected chi connectivity index (χ2v) is 7.10. The molecule has 1 unspecified atom stereocenters. The van der Waals surface area contributed by atoms with Crippen molar-refractivity contribution in [2.45, 2.75) is 56.7 Å². The minimum Gasteiger partial charge on any atom is -0.316 e. The molecule has 1 aliphatic rings. The molecule has 0 spiro atoms. The lowest BCUT2D eigenvalue weighted by Crippen LogP contribution is -2.31. The highest BCUT2D eigenvalue weighted by Crippen LogP contribution is 2.28. The van der Waals surface area contributed by atoms with E-state index in [4.69, 9.17) is 0 Å². The molecule has 1 nitrogen and oxygen atoms in total. The number of hydrogen-bond donors (Lipinski definition) is 1. The molecule has 0 amide bonds. The van der Waals surface area contributed by atoms with Crippen LogP contribution < -0.4 is 5.32 Å². The first kappa shape index (κ1) is 14.9. The van der Waals surface area contributed by atoms with E-state index in [2.05, 4.69) is 55.3 Å². The minimum atomic E-state index is 0.606. The maximum atomic E-state index is 3.48. The van der Waals surface area contributed by atoms with Gasteiger partial charge in [-0.15, -0.1) is 0 Å². The second-order valence-electron chi connectivity index (χ2n) is 5.77. The summed E-state index contributed by atoms with van der Waals surface area (Å²) in [6.45, 7) is 2.15. The van der Waals surface area contributed by atoms with E-state index in [9.17, 15) is 0 Å². The van der Waals surface area contributed by atoms with E-state index in [0.29, 0.717) is 6.04 Å². The number of likely N-dealkylation sites (N-methyl/N-ethyl adjacent to an activating group) is 1. The van der Waals surface area contributed by atoms with E-state index in [0.717, 1.165) is 11.7 Å². The van der Waals surface area contributed by atoms with Crippen LogP contribution in [0.4, 0.5) is 0 Å². The zero-order valence-corrected chi connectivity index (χ0v) is 13.1. The SMILES string of the molecule is CNC(CSC1CCCCC1)Cc1ccc(C)cc1. The molecular weight excluding hydrogens is 250 g/mol. The first-order chi connectivity index (χ1) is 9.28. The Morgan fingerprint density at radius 1 is 1.16 bits per heavy atom. The summed E-state index contributed by atoms with van der Waals surface area (Å²) < 4.78 is 0. The van der Waals surface area contributed by atoms with E-state index in [-0.39, 0.29) is 0 Å². The summed E-state index contributed by atoms with van der Waals surface area (Å²) in [5.41, 5.74) is 2.80. The molecule has 0 aromatic heterocycles. The van der Waals surface area contributed by atoms with Crippen molar-refractivity contribution in [2.75, 3.05) is 12.8 Å². The van der Waals surface area contributed by atoms with Gasteiger partial charge >= 0.3 is 0 Å². The first-order valence-electron chi connectivity index (χ1n) is 7.62. The smallest absolute Gasteiger partial charge is 0.0195 e. The summed E-state index contributed by atoms with van der Waals surface area (Å²) in [5, 5.41) is 4.40. The monoisotopic (exact) mass is 277 g/mol. The van der Waals surface area contributed by atoms with Crippen molar-refractivity contribution in [2.24, 2.45) is 0 Å². The molecule has 0 saturated heterocycles. The van der Waals surface area contributed by atoms with Gasteiger partial charge in [0.1, 0.15) is 0 Å². The highest BCUT2D eigenvalue weighted by molar-refractivity contribution is 7.99. The van der Waals surface area contributed by atoms with Crippen LogP contribution in [0.25, 0.3) is 0 Å². The average Bonchev–Trinajstić information content (AvgIpc) is 2.46. The van der Waals surface area contributed by atoms with Gasteiger partial charge in [-0.1, -0.05) is 49.1 Å². The van der Waals surface area contributed by atoms with Crippen LogP contribution in [0.15, 0.2) is 24.3 Å². The molecule has 19 heavy (non-hydrogen) atoms. The Labute approximate surface area is 122 Å². The third kappa shape index (κ3) is 5.19. The van der Waals surface area contributed by atoms with Crippen molar-refractivity contribution in [3.63, 3.8) is 0 Å². The van der Waals surface area contributed by atoms with Gasteiger partial charge in [0.2, 0.25) is 0 Å². The third-order valence-corrected chi connectivity index (χ3v) is 5.63. The molecule has 1 aromatic carbocycles. The van der Waals surface area contributed by atoms with Gasteiger partial charge in [-0.05, 0) is 38.8 Å². The number of aryl methyl sites for hydroxylation is 1. The number of nitrogens with one attached hydrogen (secondary N) is 1. The van der Waals surface area contributed by atoms with Crippen LogP contribution in [0.1, 0.15) is 43.2 Å². The lowest BCUT2D eigenvalue weighted by atomic mass is 10.0. The van der Waals surface area contributed by atoms with Crippen molar-refractivity contribution < 1.29 is 0 Å². The molecule has 0 heterocycles. The van der Waals surface area contributed by atoms with Gasteiger partial charge in [0.25, 0.3) is 0 Å². The Balaban J connectivity index is 1.77. The maximum Gasteiger partial charge on any atom is 0.0195 e. The van der Waals surface area contributed by atoms with Crippen LogP contribution in [-0.4, -0.2) is 24.1 Å².